The van der Waals surface area contributed by atoms with E-state index >= 15 is 0 Å². The van der Waals surface area contributed by atoms with E-state index in [1.807, 2.05) is 67.6 Å². The molecule has 0 bridgehead atoms. The van der Waals surface area contributed by atoms with Gasteiger partial charge in [0.25, 0.3) is 0 Å². The van der Waals surface area contributed by atoms with Crippen LogP contribution in [0.1, 0.15) is 12.5 Å². The molecule has 1 aromatic heterocycles. The predicted octanol–water partition coefficient (Wildman–Crippen LogP) is 3.38. The van der Waals surface area contributed by atoms with Crippen LogP contribution < -0.4 is 5.43 Å². The molecule has 1 heterocycles. The first-order valence-electron chi connectivity index (χ1n) is 6.84. The van der Waals surface area contributed by atoms with Crippen LogP contribution in [0.5, 0.6) is 0 Å². The van der Waals surface area contributed by atoms with Crippen LogP contribution in [-0.2, 0) is 4.79 Å². The predicted molar refractivity (Wildman–Crippen MR) is 91.7 cm³/mol. The minimum atomic E-state index is -0.150. The van der Waals surface area contributed by atoms with E-state index in [4.69, 9.17) is 0 Å². The molecule has 4 nitrogen and oxygen atoms in total. The number of benzene rings is 1. The molecule has 0 spiro atoms. The van der Waals surface area contributed by atoms with Crippen molar-refractivity contribution >= 4 is 29.5 Å². The maximum absolute atomic E-state index is 11.7. The highest BCUT2D eigenvalue weighted by atomic mass is 32.2. The Kier molecular flexibility index (Phi) is 6.39. The van der Waals surface area contributed by atoms with Gasteiger partial charge in [0.05, 0.1) is 16.5 Å². The van der Waals surface area contributed by atoms with Crippen molar-refractivity contribution in [3.05, 3.63) is 66.4 Å². The molecule has 5 heteroatoms. The summed E-state index contributed by atoms with van der Waals surface area (Å²) >= 11 is 1.38. The Hall–Kier alpha value is -2.40. The monoisotopic (exact) mass is 311 g/mol. The Morgan fingerprint density at radius 1 is 1.23 bits per heavy atom. The summed E-state index contributed by atoms with van der Waals surface area (Å²) in [4.78, 5) is 15.8. The number of pyridine rings is 1. The lowest BCUT2D eigenvalue weighted by atomic mass is 10.2. The molecule has 0 saturated carbocycles. The molecule has 0 aliphatic rings. The highest BCUT2D eigenvalue weighted by Gasteiger charge is 2.01. The molecule has 1 aromatic carbocycles. The number of hydrogen-bond donors (Lipinski definition) is 1. The SMILES string of the molecule is CC(/C=C/c1ccccc1)=N/NC(=O)CSc1ccccn1. The van der Waals surface area contributed by atoms with Gasteiger partial charge in [-0.3, -0.25) is 4.79 Å². The molecule has 0 aliphatic carbocycles. The number of allylic oxidation sites excluding steroid dienone is 1. The number of thioether (sulfide) groups is 1. The summed E-state index contributed by atoms with van der Waals surface area (Å²) in [6.45, 7) is 1.84. The van der Waals surface area contributed by atoms with Gasteiger partial charge in [-0.2, -0.15) is 5.10 Å². The molecule has 2 rings (SSSR count). The van der Waals surface area contributed by atoms with E-state index in [0.717, 1.165) is 16.3 Å². The quantitative estimate of drug-likeness (QED) is 0.505. The van der Waals surface area contributed by atoms with Crippen molar-refractivity contribution < 1.29 is 4.79 Å². The number of hydrazone groups is 1. The van der Waals surface area contributed by atoms with Crippen LogP contribution in [0, 0.1) is 0 Å². The summed E-state index contributed by atoms with van der Waals surface area (Å²) in [5.74, 6) is 0.138. The normalized spacial score (nSPS) is 11.6. The Labute approximate surface area is 134 Å². The second kappa shape index (κ2) is 8.79. The highest BCUT2D eigenvalue weighted by molar-refractivity contribution is 7.99. The molecule has 0 radical (unpaired) electrons. The molecular formula is C17H17N3OS. The summed E-state index contributed by atoms with van der Waals surface area (Å²) < 4.78 is 0. The van der Waals surface area contributed by atoms with Gasteiger partial charge in [-0.1, -0.05) is 54.2 Å². The first-order chi connectivity index (χ1) is 10.7. The van der Waals surface area contributed by atoms with Gasteiger partial charge in [-0.05, 0) is 30.7 Å². The van der Waals surface area contributed by atoms with Crippen LogP contribution in [0.15, 0.2) is 70.9 Å². The second-order valence-corrected chi connectivity index (χ2v) is 5.48. The van der Waals surface area contributed by atoms with Gasteiger partial charge < -0.3 is 0 Å². The zero-order chi connectivity index (χ0) is 15.6. The molecule has 0 unspecified atom stereocenters. The third kappa shape index (κ3) is 5.93. The van der Waals surface area contributed by atoms with Crippen LogP contribution in [-0.4, -0.2) is 22.4 Å². The van der Waals surface area contributed by atoms with Crippen molar-refractivity contribution in [3.8, 4) is 0 Å². The smallest absolute Gasteiger partial charge is 0.250 e. The zero-order valence-electron chi connectivity index (χ0n) is 12.3. The van der Waals surface area contributed by atoms with Gasteiger partial charge in [0.2, 0.25) is 5.91 Å². The maximum Gasteiger partial charge on any atom is 0.250 e. The molecule has 1 amide bonds. The minimum Gasteiger partial charge on any atom is -0.272 e. The van der Waals surface area contributed by atoms with Crippen LogP contribution >= 0.6 is 11.8 Å². The summed E-state index contributed by atoms with van der Waals surface area (Å²) in [7, 11) is 0. The van der Waals surface area contributed by atoms with Gasteiger partial charge >= 0.3 is 0 Å². The maximum atomic E-state index is 11.7. The number of hydrogen-bond acceptors (Lipinski definition) is 4. The number of aromatic nitrogens is 1. The molecule has 0 atom stereocenters. The molecular weight excluding hydrogens is 294 g/mol. The van der Waals surface area contributed by atoms with Gasteiger partial charge in [0.1, 0.15) is 0 Å². The molecule has 0 saturated heterocycles. The second-order valence-electron chi connectivity index (χ2n) is 4.49. The minimum absolute atomic E-state index is 0.150. The number of carbonyl (C=O) groups is 1. The summed E-state index contributed by atoms with van der Waals surface area (Å²) in [5.41, 5.74) is 4.37. The Balaban J connectivity index is 1.78. The highest BCUT2D eigenvalue weighted by Crippen LogP contribution is 2.12. The van der Waals surface area contributed by atoms with E-state index in [-0.39, 0.29) is 11.7 Å². The van der Waals surface area contributed by atoms with Crippen molar-refractivity contribution in [2.45, 2.75) is 11.9 Å². The van der Waals surface area contributed by atoms with Gasteiger partial charge in [-0.15, -0.1) is 0 Å². The summed E-state index contributed by atoms with van der Waals surface area (Å²) in [6.07, 6.45) is 5.52. The molecule has 1 N–H and O–H groups in total. The average Bonchev–Trinajstić information content (AvgIpc) is 2.58. The van der Waals surface area contributed by atoms with Gasteiger partial charge in [-0.25, -0.2) is 10.4 Å². The Bertz CT molecular complexity index is 654. The van der Waals surface area contributed by atoms with E-state index < -0.39 is 0 Å². The number of nitrogens with one attached hydrogen (secondary N) is 1. The van der Waals surface area contributed by atoms with Gasteiger partial charge in [0.15, 0.2) is 0 Å². The van der Waals surface area contributed by atoms with E-state index in [2.05, 4.69) is 15.5 Å². The zero-order valence-corrected chi connectivity index (χ0v) is 13.1. The first kappa shape index (κ1) is 16.0. The van der Waals surface area contributed by atoms with Crippen LogP contribution in [0.2, 0.25) is 0 Å². The largest absolute Gasteiger partial charge is 0.272 e. The lowest BCUT2D eigenvalue weighted by Crippen LogP contribution is -2.20. The molecule has 2 aromatic rings. The fourth-order valence-corrected chi connectivity index (χ4v) is 2.23. The fourth-order valence-electron chi connectivity index (χ4n) is 1.57. The van der Waals surface area contributed by atoms with Crippen LogP contribution in [0.4, 0.5) is 0 Å². The standard InChI is InChI=1S/C17H17N3OS/c1-14(10-11-15-7-3-2-4-8-15)19-20-16(21)13-22-17-9-5-6-12-18-17/h2-12H,13H2,1H3,(H,20,21)/b11-10+,19-14-. The van der Waals surface area contributed by atoms with E-state index in [9.17, 15) is 4.79 Å². The number of rotatable bonds is 6. The van der Waals surface area contributed by atoms with Gasteiger partial charge in [0, 0.05) is 6.20 Å². The Morgan fingerprint density at radius 3 is 2.73 bits per heavy atom. The van der Waals surface area contributed by atoms with E-state index in [1.54, 1.807) is 6.20 Å². The fraction of sp³-hybridized carbons (Fsp3) is 0.118. The lowest BCUT2D eigenvalue weighted by molar-refractivity contribution is -0.118. The topological polar surface area (TPSA) is 54.4 Å². The number of amides is 1. The first-order valence-corrected chi connectivity index (χ1v) is 7.83. The van der Waals surface area contributed by atoms with E-state index in [1.165, 1.54) is 11.8 Å². The van der Waals surface area contributed by atoms with Crippen molar-refractivity contribution in [1.29, 1.82) is 0 Å². The molecule has 22 heavy (non-hydrogen) atoms. The lowest BCUT2D eigenvalue weighted by Gasteiger charge is -2.00. The van der Waals surface area contributed by atoms with Crippen LogP contribution in [0.25, 0.3) is 6.08 Å². The van der Waals surface area contributed by atoms with Crippen molar-refractivity contribution in [2.24, 2.45) is 5.10 Å². The van der Waals surface area contributed by atoms with Crippen molar-refractivity contribution in [2.75, 3.05) is 5.75 Å². The average molecular weight is 311 g/mol. The van der Waals surface area contributed by atoms with Crippen molar-refractivity contribution in [1.82, 2.24) is 10.4 Å². The third-order valence-electron chi connectivity index (χ3n) is 2.66. The number of nitrogens with zero attached hydrogens (tertiary/aromatic N) is 2. The number of carbonyl (C=O) groups excluding carboxylic acids is 1. The third-order valence-corrected chi connectivity index (χ3v) is 3.61. The molecule has 0 fully saturated rings. The van der Waals surface area contributed by atoms with Crippen molar-refractivity contribution in [3.63, 3.8) is 0 Å². The summed E-state index contributed by atoms with van der Waals surface area (Å²) in [5, 5.41) is 4.87. The van der Waals surface area contributed by atoms with Crippen LogP contribution in [0.3, 0.4) is 0 Å². The Morgan fingerprint density at radius 2 is 2.00 bits per heavy atom. The van der Waals surface area contributed by atoms with E-state index in [0.29, 0.717) is 0 Å². The molecule has 112 valence electrons. The summed E-state index contributed by atoms with van der Waals surface area (Å²) in [6, 6.07) is 15.5. The molecule has 0 aliphatic heterocycles.